The highest BCUT2D eigenvalue weighted by atomic mass is 16.3. The lowest BCUT2D eigenvalue weighted by atomic mass is 9.95. The predicted octanol–water partition coefficient (Wildman–Crippen LogP) is 4.59. The summed E-state index contributed by atoms with van der Waals surface area (Å²) in [6.07, 6.45) is 3.42. The molecule has 19 heavy (non-hydrogen) atoms. The highest BCUT2D eigenvalue weighted by Gasteiger charge is 2.15. The molecule has 2 rings (SSSR count). The van der Waals surface area contributed by atoms with E-state index in [0.29, 0.717) is 11.5 Å². The smallest absolute Gasteiger partial charge is 0.196 e. The number of rotatable bonds is 5. The molecule has 0 amide bonds. The predicted molar refractivity (Wildman–Crippen MR) is 76.7 cm³/mol. The van der Waals surface area contributed by atoms with Crippen LogP contribution in [-0.2, 0) is 6.42 Å². The molecule has 0 saturated heterocycles. The number of ketones is 1. The maximum absolute atomic E-state index is 12.4. The van der Waals surface area contributed by atoms with Crippen molar-refractivity contribution in [3.63, 3.8) is 0 Å². The minimum atomic E-state index is 0.0429. The number of carbonyl (C=O) groups excluding carboxylic acids is 1. The normalized spacial score (nSPS) is 12.4. The van der Waals surface area contributed by atoms with Gasteiger partial charge >= 0.3 is 0 Å². The number of furan rings is 1. The van der Waals surface area contributed by atoms with Gasteiger partial charge in [-0.1, -0.05) is 45.0 Å². The van der Waals surface area contributed by atoms with E-state index in [1.165, 1.54) is 5.56 Å². The number of benzene rings is 1. The van der Waals surface area contributed by atoms with Crippen LogP contribution in [0.4, 0.5) is 0 Å². The molecule has 0 bridgehead atoms. The first kappa shape index (κ1) is 13.6. The van der Waals surface area contributed by atoms with Crippen LogP contribution in [0.25, 0.3) is 0 Å². The summed E-state index contributed by atoms with van der Waals surface area (Å²) >= 11 is 0. The van der Waals surface area contributed by atoms with Gasteiger partial charge in [0.2, 0.25) is 0 Å². The van der Waals surface area contributed by atoms with Crippen molar-refractivity contribution < 1.29 is 9.21 Å². The molecule has 0 aliphatic rings. The molecule has 1 atom stereocenters. The highest BCUT2D eigenvalue weighted by molar-refractivity contribution is 6.09. The van der Waals surface area contributed by atoms with Crippen molar-refractivity contribution in [3.8, 4) is 0 Å². The minimum Gasteiger partial charge on any atom is -0.469 e. The quantitative estimate of drug-likeness (QED) is 0.732. The second-order valence-electron chi connectivity index (χ2n) is 4.87. The third kappa shape index (κ3) is 2.78. The topological polar surface area (TPSA) is 30.2 Å². The van der Waals surface area contributed by atoms with E-state index in [-0.39, 0.29) is 5.78 Å². The lowest BCUT2D eigenvalue weighted by Crippen LogP contribution is -2.03. The number of carbonyl (C=O) groups is 1. The Balaban J connectivity index is 2.25. The molecule has 100 valence electrons. The third-order valence-corrected chi connectivity index (χ3v) is 3.67. The van der Waals surface area contributed by atoms with E-state index in [1.807, 2.05) is 31.2 Å². The Hall–Kier alpha value is -1.83. The fraction of sp³-hybridized carbons (Fsp3) is 0.353. The Bertz CT molecular complexity index is 549. The van der Waals surface area contributed by atoms with Gasteiger partial charge in [-0.3, -0.25) is 4.79 Å². The second kappa shape index (κ2) is 5.87. The van der Waals surface area contributed by atoms with Crippen molar-refractivity contribution in [2.45, 2.75) is 39.5 Å². The van der Waals surface area contributed by atoms with E-state index in [4.69, 9.17) is 4.42 Å². The van der Waals surface area contributed by atoms with Crippen molar-refractivity contribution in [1.29, 1.82) is 0 Å². The van der Waals surface area contributed by atoms with Gasteiger partial charge in [-0.2, -0.15) is 0 Å². The lowest BCUT2D eigenvalue weighted by Gasteiger charge is -2.09. The first-order valence-electron chi connectivity index (χ1n) is 6.88. The molecule has 2 heteroatoms. The molecule has 2 aromatic rings. The van der Waals surface area contributed by atoms with Crippen LogP contribution in [-0.4, -0.2) is 5.78 Å². The van der Waals surface area contributed by atoms with E-state index in [1.54, 1.807) is 12.3 Å². The molecule has 0 aliphatic heterocycles. The maximum atomic E-state index is 12.4. The van der Waals surface area contributed by atoms with Gasteiger partial charge in [0.1, 0.15) is 5.76 Å². The van der Waals surface area contributed by atoms with E-state index in [2.05, 4.69) is 13.8 Å². The zero-order chi connectivity index (χ0) is 13.8. The third-order valence-electron chi connectivity index (χ3n) is 3.67. The maximum Gasteiger partial charge on any atom is 0.196 e. The number of aryl methyl sites for hydroxylation is 1. The van der Waals surface area contributed by atoms with Gasteiger partial charge in [0, 0.05) is 12.0 Å². The van der Waals surface area contributed by atoms with Crippen LogP contribution in [0.5, 0.6) is 0 Å². The van der Waals surface area contributed by atoms with Gasteiger partial charge in [-0.05, 0) is 24.0 Å². The first-order chi connectivity index (χ1) is 9.17. The van der Waals surface area contributed by atoms with Crippen molar-refractivity contribution >= 4 is 5.78 Å². The van der Waals surface area contributed by atoms with Crippen LogP contribution in [0.2, 0.25) is 0 Å². The zero-order valence-electron chi connectivity index (χ0n) is 11.8. The molecule has 0 saturated carbocycles. The van der Waals surface area contributed by atoms with Crippen molar-refractivity contribution in [3.05, 3.63) is 59.0 Å². The molecule has 0 radical (unpaired) electrons. The van der Waals surface area contributed by atoms with Gasteiger partial charge in [-0.15, -0.1) is 0 Å². The molecule has 2 nitrogen and oxygen atoms in total. The Labute approximate surface area is 114 Å². The summed E-state index contributed by atoms with van der Waals surface area (Å²) < 4.78 is 5.31. The van der Waals surface area contributed by atoms with Crippen molar-refractivity contribution in [2.24, 2.45) is 0 Å². The Morgan fingerprint density at radius 2 is 1.84 bits per heavy atom. The van der Waals surface area contributed by atoms with Crippen LogP contribution in [0.15, 0.2) is 41.0 Å². The average Bonchev–Trinajstić information content (AvgIpc) is 2.94. The second-order valence-corrected chi connectivity index (χ2v) is 4.87. The average molecular weight is 256 g/mol. The molecular formula is C17H20O2. The largest absolute Gasteiger partial charge is 0.469 e. The van der Waals surface area contributed by atoms with Crippen LogP contribution >= 0.6 is 0 Å². The van der Waals surface area contributed by atoms with E-state index in [0.717, 1.165) is 24.2 Å². The Kier molecular flexibility index (Phi) is 4.20. The fourth-order valence-corrected chi connectivity index (χ4v) is 2.17. The Morgan fingerprint density at radius 3 is 2.42 bits per heavy atom. The summed E-state index contributed by atoms with van der Waals surface area (Å²) in [7, 11) is 0. The van der Waals surface area contributed by atoms with Crippen LogP contribution in [0.3, 0.4) is 0 Å². The van der Waals surface area contributed by atoms with Crippen molar-refractivity contribution in [2.75, 3.05) is 0 Å². The van der Waals surface area contributed by atoms with Gasteiger partial charge in [-0.25, -0.2) is 0 Å². The van der Waals surface area contributed by atoms with E-state index < -0.39 is 0 Å². The monoisotopic (exact) mass is 256 g/mol. The molecule has 0 aliphatic carbocycles. The molecule has 1 aromatic heterocycles. The molecule has 0 spiro atoms. The van der Waals surface area contributed by atoms with Gasteiger partial charge < -0.3 is 4.42 Å². The fourth-order valence-electron chi connectivity index (χ4n) is 2.17. The van der Waals surface area contributed by atoms with Gasteiger partial charge in [0.25, 0.3) is 0 Å². The first-order valence-corrected chi connectivity index (χ1v) is 6.88. The van der Waals surface area contributed by atoms with Crippen LogP contribution in [0, 0.1) is 0 Å². The van der Waals surface area contributed by atoms with E-state index in [9.17, 15) is 4.79 Å². The molecule has 0 N–H and O–H groups in total. The lowest BCUT2D eigenvalue weighted by molar-refractivity contribution is 0.103. The molecule has 0 fully saturated rings. The number of hydrogen-bond donors (Lipinski definition) is 0. The summed E-state index contributed by atoms with van der Waals surface area (Å²) in [6.45, 7) is 6.35. The van der Waals surface area contributed by atoms with Crippen LogP contribution < -0.4 is 0 Å². The SMILES string of the molecule is CCc1occc1C(=O)c1ccc(C(C)CC)cc1. The number of hydrogen-bond acceptors (Lipinski definition) is 2. The van der Waals surface area contributed by atoms with E-state index >= 15 is 0 Å². The van der Waals surface area contributed by atoms with Gasteiger partial charge in [0.05, 0.1) is 11.8 Å². The molecular weight excluding hydrogens is 236 g/mol. The summed E-state index contributed by atoms with van der Waals surface area (Å²) in [4.78, 5) is 12.4. The molecule has 1 heterocycles. The van der Waals surface area contributed by atoms with Crippen LogP contribution in [0.1, 0.15) is 60.4 Å². The molecule has 1 unspecified atom stereocenters. The van der Waals surface area contributed by atoms with Gasteiger partial charge in [0.15, 0.2) is 5.78 Å². The van der Waals surface area contributed by atoms with Crippen molar-refractivity contribution in [1.82, 2.24) is 0 Å². The Morgan fingerprint density at radius 1 is 1.16 bits per heavy atom. The summed E-state index contributed by atoms with van der Waals surface area (Å²) in [5.74, 6) is 1.33. The minimum absolute atomic E-state index is 0.0429. The summed E-state index contributed by atoms with van der Waals surface area (Å²) in [5.41, 5.74) is 2.68. The standard InChI is InChI=1S/C17H20O2/c1-4-12(3)13-6-8-14(9-7-13)17(18)15-10-11-19-16(15)5-2/h6-12H,4-5H2,1-3H3. The highest BCUT2D eigenvalue weighted by Crippen LogP contribution is 2.21. The summed E-state index contributed by atoms with van der Waals surface area (Å²) in [5, 5.41) is 0. The summed E-state index contributed by atoms with van der Waals surface area (Å²) in [6, 6.07) is 9.68. The molecule has 1 aromatic carbocycles. The zero-order valence-corrected chi connectivity index (χ0v) is 11.8.